The van der Waals surface area contributed by atoms with Crippen LogP contribution in [0, 0.1) is 6.92 Å². The van der Waals surface area contributed by atoms with Crippen molar-refractivity contribution in [3.05, 3.63) is 53.1 Å². The van der Waals surface area contributed by atoms with Gasteiger partial charge in [0.1, 0.15) is 11.3 Å². The van der Waals surface area contributed by atoms with Gasteiger partial charge < -0.3 is 14.6 Å². The molecule has 5 nitrogen and oxygen atoms in total. The first-order chi connectivity index (χ1) is 11.0. The maximum atomic E-state index is 12.1. The van der Waals surface area contributed by atoms with E-state index in [4.69, 9.17) is 9.47 Å². The molecule has 5 heteroatoms. The summed E-state index contributed by atoms with van der Waals surface area (Å²) in [5.74, 6) is -1.49. The quantitative estimate of drug-likeness (QED) is 0.876. The van der Waals surface area contributed by atoms with Gasteiger partial charge in [0.05, 0.1) is 19.3 Å². The van der Waals surface area contributed by atoms with Gasteiger partial charge in [-0.2, -0.15) is 0 Å². The first-order valence-corrected chi connectivity index (χ1v) is 7.18. The fourth-order valence-electron chi connectivity index (χ4n) is 2.34. The van der Waals surface area contributed by atoms with Crippen molar-refractivity contribution in [3.8, 4) is 16.9 Å². The molecule has 23 heavy (non-hydrogen) atoms. The smallest absolute Gasteiger partial charge is 0.342 e. The number of ether oxygens (including phenoxy) is 2. The van der Waals surface area contributed by atoms with Crippen molar-refractivity contribution < 1.29 is 24.2 Å². The molecule has 0 heterocycles. The van der Waals surface area contributed by atoms with Crippen molar-refractivity contribution >= 4 is 11.9 Å². The van der Waals surface area contributed by atoms with Gasteiger partial charge in [-0.1, -0.05) is 30.3 Å². The number of aromatic hydroxyl groups is 1. The average molecular weight is 314 g/mol. The second-order valence-electron chi connectivity index (χ2n) is 4.90. The predicted molar refractivity (Wildman–Crippen MR) is 85.6 cm³/mol. The van der Waals surface area contributed by atoms with Crippen LogP contribution in [0.5, 0.6) is 5.75 Å². The standard InChI is InChI=1S/C18H18O5/c1-4-23-17(20)13-10-14(12-8-6-5-7-9-12)15(18(21)22-3)16(19)11(13)2/h5-10,19H,4H2,1-3H3. The first kappa shape index (κ1) is 16.5. The van der Waals surface area contributed by atoms with Gasteiger partial charge in [-0.05, 0) is 25.5 Å². The molecule has 0 fully saturated rings. The van der Waals surface area contributed by atoms with Crippen molar-refractivity contribution in [1.29, 1.82) is 0 Å². The number of rotatable bonds is 4. The number of phenolic OH excluding ortho intramolecular Hbond substituents is 1. The van der Waals surface area contributed by atoms with Crippen LogP contribution in [0.4, 0.5) is 0 Å². The number of carbonyl (C=O) groups is 2. The second-order valence-corrected chi connectivity index (χ2v) is 4.90. The number of carbonyl (C=O) groups excluding carboxylic acids is 2. The van der Waals surface area contributed by atoms with Gasteiger partial charge in [0.2, 0.25) is 0 Å². The minimum atomic E-state index is -0.667. The highest BCUT2D eigenvalue weighted by atomic mass is 16.5. The van der Waals surface area contributed by atoms with Crippen LogP contribution < -0.4 is 0 Å². The summed E-state index contributed by atoms with van der Waals surface area (Å²) in [5, 5.41) is 10.4. The van der Waals surface area contributed by atoms with Crippen LogP contribution in [0.1, 0.15) is 33.2 Å². The molecule has 0 aromatic heterocycles. The molecule has 0 unspecified atom stereocenters. The van der Waals surface area contributed by atoms with Gasteiger partial charge in [-0.25, -0.2) is 9.59 Å². The lowest BCUT2D eigenvalue weighted by Crippen LogP contribution is -2.11. The number of phenols is 1. The summed E-state index contributed by atoms with van der Waals surface area (Å²) in [6.45, 7) is 3.48. The van der Waals surface area contributed by atoms with E-state index in [2.05, 4.69) is 0 Å². The Morgan fingerprint density at radius 1 is 1.13 bits per heavy atom. The lowest BCUT2D eigenvalue weighted by atomic mass is 9.93. The van der Waals surface area contributed by atoms with Crippen molar-refractivity contribution in [3.63, 3.8) is 0 Å². The fraction of sp³-hybridized carbons (Fsp3) is 0.222. The summed E-state index contributed by atoms with van der Waals surface area (Å²) >= 11 is 0. The Kier molecular flexibility index (Phi) is 5.01. The minimum Gasteiger partial charge on any atom is -0.507 e. The van der Waals surface area contributed by atoms with Gasteiger partial charge in [-0.15, -0.1) is 0 Å². The summed E-state index contributed by atoms with van der Waals surface area (Å²) in [6.07, 6.45) is 0. The van der Waals surface area contributed by atoms with Gasteiger partial charge in [0.15, 0.2) is 0 Å². The Morgan fingerprint density at radius 2 is 1.78 bits per heavy atom. The molecule has 2 aromatic carbocycles. The summed E-state index contributed by atoms with van der Waals surface area (Å²) < 4.78 is 9.78. The summed E-state index contributed by atoms with van der Waals surface area (Å²) in [5.41, 5.74) is 1.64. The molecule has 0 spiro atoms. The van der Waals surface area contributed by atoms with E-state index in [1.54, 1.807) is 44.2 Å². The Labute approximate surface area is 134 Å². The van der Waals surface area contributed by atoms with Gasteiger partial charge >= 0.3 is 11.9 Å². The highest BCUT2D eigenvalue weighted by molar-refractivity contribution is 6.04. The van der Waals surface area contributed by atoms with Crippen molar-refractivity contribution in [2.45, 2.75) is 13.8 Å². The van der Waals surface area contributed by atoms with Crippen LogP contribution >= 0.6 is 0 Å². The maximum absolute atomic E-state index is 12.1. The van der Waals surface area contributed by atoms with E-state index >= 15 is 0 Å². The molecular formula is C18H18O5. The van der Waals surface area contributed by atoms with E-state index < -0.39 is 11.9 Å². The van der Waals surface area contributed by atoms with Gasteiger partial charge in [0.25, 0.3) is 0 Å². The topological polar surface area (TPSA) is 72.8 Å². The summed E-state index contributed by atoms with van der Waals surface area (Å²) in [6, 6.07) is 10.6. The third kappa shape index (κ3) is 3.18. The van der Waals surface area contributed by atoms with E-state index in [9.17, 15) is 14.7 Å². The van der Waals surface area contributed by atoms with Crippen LogP contribution in [0.25, 0.3) is 11.1 Å². The number of hydrogen-bond acceptors (Lipinski definition) is 5. The molecular weight excluding hydrogens is 296 g/mol. The van der Waals surface area contributed by atoms with Crippen LogP contribution in [0.2, 0.25) is 0 Å². The largest absolute Gasteiger partial charge is 0.507 e. The molecule has 0 aliphatic carbocycles. The molecule has 1 N–H and O–H groups in total. The first-order valence-electron chi connectivity index (χ1n) is 7.18. The average Bonchev–Trinajstić information content (AvgIpc) is 2.57. The van der Waals surface area contributed by atoms with Crippen molar-refractivity contribution in [2.75, 3.05) is 13.7 Å². The summed E-state index contributed by atoms with van der Waals surface area (Å²) in [4.78, 5) is 24.2. The third-order valence-corrected chi connectivity index (χ3v) is 3.52. The normalized spacial score (nSPS) is 10.2. The van der Waals surface area contributed by atoms with Crippen LogP contribution in [0.15, 0.2) is 36.4 Å². The van der Waals surface area contributed by atoms with Crippen molar-refractivity contribution in [2.24, 2.45) is 0 Å². The minimum absolute atomic E-state index is 0.0317. The van der Waals surface area contributed by atoms with Crippen LogP contribution in [0.3, 0.4) is 0 Å². The molecule has 0 radical (unpaired) electrons. The lowest BCUT2D eigenvalue weighted by Gasteiger charge is -2.15. The molecule has 0 saturated heterocycles. The predicted octanol–water partition coefficient (Wildman–Crippen LogP) is 3.33. The van der Waals surface area contributed by atoms with Gasteiger partial charge in [-0.3, -0.25) is 0 Å². The lowest BCUT2D eigenvalue weighted by molar-refractivity contribution is 0.0522. The molecule has 2 rings (SSSR count). The zero-order chi connectivity index (χ0) is 17.0. The fourth-order valence-corrected chi connectivity index (χ4v) is 2.34. The number of benzene rings is 2. The monoisotopic (exact) mass is 314 g/mol. The summed E-state index contributed by atoms with van der Waals surface area (Å²) in [7, 11) is 1.24. The van der Waals surface area contributed by atoms with Crippen molar-refractivity contribution in [1.82, 2.24) is 0 Å². The highest BCUT2D eigenvalue weighted by Crippen LogP contribution is 2.36. The molecule has 0 amide bonds. The highest BCUT2D eigenvalue weighted by Gasteiger charge is 2.25. The van der Waals surface area contributed by atoms with E-state index in [0.29, 0.717) is 11.1 Å². The number of methoxy groups -OCH3 is 1. The van der Waals surface area contributed by atoms with E-state index in [-0.39, 0.29) is 29.0 Å². The second kappa shape index (κ2) is 6.96. The molecule has 0 bridgehead atoms. The zero-order valence-corrected chi connectivity index (χ0v) is 13.3. The SMILES string of the molecule is CCOC(=O)c1cc(-c2ccccc2)c(C(=O)OC)c(O)c1C. The Hall–Kier alpha value is -2.82. The molecule has 0 atom stereocenters. The molecule has 120 valence electrons. The molecule has 0 saturated carbocycles. The Balaban J connectivity index is 2.75. The molecule has 0 aliphatic heterocycles. The van der Waals surface area contributed by atoms with E-state index in [1.807, 2.05) is 6.07 Å². The molecule has 0 aliphatic rings. The Morgan fingerprint density at radius 3 is 2.35 bits per heavy atom. The van der Waals surface area contributed by atoms with E-state index in [1.165, 1.54) is 7.11 Å². The van der Waals surface area contributed by atoms with E-state index in [0.717, 1.165) is 0 Å². The van der Waals surface area contributed by atoms with Crippen LogP contribution in [-0.4, -0.2) is 30.8 Å². The Bertz CT molecular complexity index is 735. The van der Waals surface area contributed by atoms with Gasteiger partial charge in [0, 0.05) is 11.1 Å². The zero-order valence-electron chi connectivity index (χ0n) is 13.3. The maximum Gasteiger partial charge on any atom is 0.342 e. The van der Waals surface area contributed by atoms with Crippen LogP contribution in [-0.2, 0) is 9.47 Å². The molecule has 2 aromatic rings. The number of hydrogen-bond donors (Lipinski definition) is 1. The number of esters is 2. The third-order valence-electron chi connectivity index (χ3n) is 3.52.